The Balaban J connectivity index is 1.85. The minimum atomic E-state index is 0.0407. The van der Waals surface area contributed by atoms with Crippen LogP contribution in [0.3, 0.4) is 0 Å². The summed E-state index contributed by atoms with van der Waals surface area (Å²) in [7, 11) is 2.00. The number of hydrogen-bond donors (Lipinski definition) is 0. The van der Waals surface area contributed by atoms with Crippen molar-refractivity contribution in [3.8, 4) is 0 Å². The third kappa shape index (κ3) is 4.74. The van der Waals surface area contributed by atoms with Crippen molar-refractivity contribution in [3.63, 3.8) is 0 Å². The molecule has 2 rings (SSSR count). The molecular weight excluding hydrogens is 276 g/mol. The first-order valence-electron chi connectivity index (χ1n) is 7.70. The molecule has 2 aromatic rings. The third-order valence-electron chi connectivity index (χ3n) is 3.59. The molecule has 1 aromatic carbocycles. The Bertz CT molecular complexity index is 578. The highest BCUT2D eigenvalue weighted by atomic mass is 16.5. The van der Waals surface area contributed by atoms with Gasteiger partial charge in [0.15, 0.2) is 0 Å². The molecule has 0 bridgehead atoms. The average molecular weight is 300 g/mol. The molecule has 4 nitrogen and oxygen atoms in total. The number of ether oxygens (including phenoxy) is 1. The van der Waals surface area contributed by atoms with Crippen LogP contribution in [0.4, 0.5) is 0 Å². The lowest BCUT2D eigenvalue weighted by Gasteiger charge is -2.22. The number of nitrogens with zero attached hydrogens (tertiary/aromatic N) is 2. The first-order chi connectivity index (χ1) is 10.7. The fourth-order valence-electron chi connectivity index (χ4n) is 2.34. The summed E-state index contributed by atoms with van der Waals surface area (Å²) in [5.41, 5.74) is 2.21. The van der Waals surface area contributed by atoms with Gasteiger partial charge in [0.25, 0.3) is 0 Å². The Hall–Kier alpha value is -2.07. The maximum absolute atomic E-state index is 12.4. The topological polar surface area (TPSA) is 34.5 Å². The van der Waals surface area contributed by atoms with Crippen molar-refractivity contribution in [1.29, 1.82) is 0 Å². The lowest BCUT2D eigenvalue weighted by atomic mass is 10.2. The van der Waals surface area contributed by atoms with E-state index in [4.69, 9.17) is 4.74 Å². The molecule has 0 unspecified atom stereocenters. The number of amides is 1. The monoisotopic (exact) mass is 300 g/mol. The molecule has 0 aliphatic heterocycles. The van der Waals surface area contributed by atoms with Gasteiger partial charge in [0.05, 0.1) is 13.2 Å². The van der Waals surface area contributed by atoms with Gasteiger partial charge in [-0.05, 0) is 24.1 Å². The summed E-state index contributed by atoms with van der Waals surface area (Å²) in [5.74, 6) is 0.0407. The molecule has 0 spiro atoms. The normalized spacial score (nSPS) is 10.6. The number of carbonyl (C=O) groups excluding carboxylic acids is 1. The van der Waals surface area contributed by atoms with E-state index in [9.17, 15) is 4.79 Å². The Kier molecular flexibility index (Phi) is 6.22. The van der Waals surface area contributed by atoms with Gasteiger partial charge in [-0.1, -0.05) is 37.3 Å². The largest absolute Gasteiger partial charge is 0.367 e. The van der Waals surface area contributed by atoms with E-state index in [1.165, 1.54) is 0 Å². The van der Waals surface area contributed by atoms with Crippen molar-refractivity contribution in [2.24, 2.45) is 7.05 Å². The lowest BCUT2D eigenvalue weighted by Crippen LogP contribution is -2.34. The van der Waals surface area contributed by atoms with Gasteiger partial charge in [-0.3, -0.25) is 4.79 Å². The summed E-state index contributed by atoms with van der Waals surface area (Å²) in [6.45, 7) is 4.05. The van der Waals surface area contributed by atoms with E-state index in [1.54, 1.807) is 0 Å². The smallest absolute Gasteiger partial charge is 0.248 e. The maximum atomic E-state index is 12.4. The van der Waals surface area contributed by atoms with Gasteiger partial charge in [0.1, 0.15) is 6.61 Å². The summed E-state index contributed by atoms with van der Waals surface area (Å²) < 4.78 is 7.60. The molecule has 0 fully saturated rings. The zero-order valence-corrected chi connectivity index (χ0v) is 13.4. The first-order valence-corrected chi connectivity index (χ1v) is 7.70. The Morgan fingerprint density at radius 2 is 1.95 bits per heavy atom. The number of hydrogen-bond acceptors (Lipinski definition) is 2. The Labute approximate surface area is 132 Å². The molecule has 0 radical (unpaired) electrons. The van der Waals surface area contributed by atoms with E-state index < -0.39 is 0 Å². The van der Waals surface area contributed by atoms with E-state index in [2.05, 4.69) is 6.92 Å². The molecule has 0 N–H and O–H groups in total. The molecule has 1 heterocycles. The average Bonchev–Trinajstić information content (AvgIpc) is 2.93. The first kappa shape index (κ1) is 16.3. The highest BCUT2D eigenvalue weighted by Crippen LogP contribution is 2.07. The molecule has 0 aliphatic rings. The van der Waals surface area contributed by atoms with Crippen LogP contribution in [0.5, 0.6) is 0 Å². The second-order valence-corrected chi connectivity index (χ2v) is 5.40. The van der Waals surface area contributed by atoms with Crippen LogP contribution in [0.25, 0.3) is 0 Å². The van der Waals surface area contributed by atoms with Crippen LogP contribution in [-0.2, 0) is 29.7 Å². The van der Waals surface area contributed by atoms with E-state index in [1.807, 2.05) is 65.2 Å². The zero-order chi connectivity index (χ0) is 15.8. The van der Waals surface area contributed by atoms with Crippen LogP contribution in [0.15, 0.2) is 48.7 Å². The van der Waals surface area contributed by atoms with Gasteiger partial charge in [-0.2, -0.15) is 0 Å². The number of aromatic nitrogens is 1. The van der Waals surface area contributed by atoms with Crippen molar-refractivity contribution in [2.45, 2.75) is 26.5 Å². The fraction of sp³-hybridized carbons (Fsp3) is 0.389. The maximum Gasteiger partial charge on any atom is 0.248 e. The van der Waals surface area contributed by atoms with Crippen LogP contribution in [0.2, 0.25) is 0 Å². The number of benzene rings is 1. The molecule has 0 saturated heterocycles. The van der Waals surface area contributed by atoms with Crippen molar-refractivity contribution in [3.05, 3.63) is 59.9 Å². The van der Waals surface area contributed by atoms with Crippen molar-refractivity contribution < 1.29 is 9.53 Å². The van der Waals surface area contributed by atoms with Crippen LogP contribution < -0.4 is 0 Å². The zero-order valence-electron chi connectivity index (χ0n) is 13.4. The number of carbonyl (C=O) groups is 1. The quantitative estimate of drug-likeness (QED) is 0.751. The molecule has 4 heteroatoms. The van der Waals surface area contributed by atoms with Gasteiger partial charge >= 0.3 is 0 Å². The van der Waals surface area contributed by atoms with E-state index in [0.29, 0.717) is 13.2 Å². The lowest BCUT2D eigenvalue weighted by molar-refractivity contribution is -0.137. The van der Waals surface area contributed by atoms with Crippen LogP contribution in [0, 0.1) is 0 Å². The minimum absolute atomic E-state index is 0.0407. The summed E-state index contributed by atoms with van der Waals surface area (Å²) in [6, 6.07) is 13.9. The Morgan fingerprint density at radius 3 is 2.59 bits per heavy atom. The van der Waals surface area contributed by atoms with Crippen molar-refractivity contribution in [1.82, 2.24) is 9.47 Å². The van der Waals surface area contributed by atoms with E-state index in [0.717, 1.165) is 24.2 Å². The summed E-state index contributed by atoms with van der Waals surface area (Å²) in [4.78, 5) is 14.2. The second kappa shape index (κ2) is 8.39. The highest BCUT2D eigenvalue weighted by molar-refractivity contribution is 5.77. The molecule has 0 saturated carbocycles. The Morgan fingerprint density at radius 1 is 1.18 bits per heavy atom. The fourth-order valence-corrected chi connectivity index (χ4v) is 2.34. The molecule has 1 aromatic heterocycles. The number of rotatable bonds is 8. The molecule has 0 atom stereocenters. The summed E-state index contributed by atoms with van der Waals surface area (Å²) >= 11 is 0. The van der Waals surface area contributed by atoms with Gasteiger partial charge < -0.3 is 14.2 Å². The molecule has 0 aliphatic carbocycles. The van der Waals surface area contributed by atoms with Crippen LogP contribution >= 0.6 is 0 Å². The van der Waals surface area contributed by atoms with Crippen LogP contribution in [-0.4, -0.2) is 28.5 Å². The molecule has 1 amide bonds. The second-order valence-electron chi connectivity index (χ2n) is 5.40. The minimum Gasteiger partial charge on any atom is -0.367 e. The van der Waals surface area contributed by atoms with E-state index >= 15 is 0 Å². The standard InChI is InChI=1S/C18H24N2O2/c1-3-11-20(13-17-10-7-12-19(17)2)18(21)15-22-14-16-8-5-4-6-9-16/h4-10,12H,3,11,13-15H2,1-2H3. The predicted octanol–water partition coefficient (Wildman–Crippen LogP) is 2.98. The van der Waals surface area contributed by atoms with Gasteiger partial charge in [-0.25, -0.2) is 0 Å². The predicted molar refractivity (Wildman–Crippen MR) is 87.2 cm³/mol. The SMILES string of the molecule is CCCN(Cc1cccn1C)C(=O)COCc1ccccc1. The van der Waals surface area contributed by atoms with Crippen molar-refractivity contribution >= 4 is 5.91 Å². The van der Waals surface area contributed by atoms with Gasteiger partial charge in [0, 0.05) is 25.5 Å². The van der Waals surface area contributed by atoms with Crippen molar-refractivity contribution in [2.75, 3.05) is 13.2 Å². The molecular formula is C18H24N2O2. The molecule has 22 heavy (non-hydrogen) atoms. The summed E-state index contributed by atoms with van der Waals surface area (Å²) in [6.07, 6.45) is 2.94. The van der Waals surface area contributed by atoms with Gasteiger partial charge in [0.2, 0.25) is 5.91 Å². The van der Waals surface area contributed by atoms with Gasteiger partial charge in [-0.15, -0.1) is 0 Å². The van der Waals surface area contributed by atoms with E-state index in [-0.39, 0.29) is 12.5 Å². The molecule has 118 valence electrons. The third-order valence-corrected chi connectivity index (χ3v) is 3.59. The number of aryl methyl sites for hydroxylation is 1. The highest BCUT2D eigenvalue weighted by Gasteiger charge is 2.14. The van der Waals surface area contributed by atoms with Crippen LogP contribution in [0.1, 0.15) is 24.6 Å². The summed E-state index contributed by atoms with van der Waals surface area (Å²) in [5, 5.41) is 0.